The number of carbonyl (C=O) groups excluding carboxylic acids is 1. The maximum atomic E-state index is 12.3. The van der Waals surface area contributed by atoms with Crippen LogP contribution in [0.2, 0.25) is 0 Å². The first-order valence-electron chi connectivity index (χ1n) is 6.58. The summed E-state index contributed by atoms with van der Waals surface area (Å²) in [7, 11) is 1.54. The van der Waals surface area contributed by atoms with Crippen LogP contribution in [0.5, 0.6) is 5.75 Å². The monoisotopic (exact) mass is 329 g/mol. The summed E-state index contributed by atoms with van der Waals surface area (Å²) in [6.07, 6.45) is 0. The maximum Gasteiger partial charge on any atom is 0.282 e. The van der Waals surface area contributed by atoms with Crippen LogP contribution in [0.15, 0.2) is 42.5 Å². The lowest BCUT2D eigenvalue weighted by atomic mass is 10.1. The molecule has 1 aromatic heterocycles. The molecular formula is C15H11N3O4S. The van der Waals surface area contributed by atoms with E-state index >= 15 is 0 Å². The molecule has 0 spiro atoms. The topological polar surface area (TPSA) is 94.4 Å². The third kappa shape index (κ3) is 2.84. The summed E-state index contributed by atoms with van der Waals surface area (Å²) in [4.78, 5) is 27.0. The van der Waals surface area contributed by atoms with Gasteiger partial charge < -0.3 is 4.74 Å². The van der Waals surface area contributed by atoms with Crippen molar-refractivity contribution in [2.75, 3.05) is 12.4 Å². The third-order valence-electron chi connectivity index (χ3n) is 3.17. The molecule has 8 heteroatoms. The number of anilines is 1. The van der Waals surface area contributed by atoms with Crippen molar-refractivity contribution in [3.05, 3.63) is 58.1 Å². The van der Waals surface area contributed by atoms with Gasteiger partial charge in [-0.1, -0.05) is 29.5 Å². The number of methoxy groups -OCH3 is 1. The van der Waals surface area contributed by atoms with Crippen molar-refractivity contribution in [1.29, 1.82) is 0 Å². The second kappa shape index (κ2) is 6.01. The smallest absolute Gasteiger partial charge is 0.282 e. The second-order valence-electron chi connectivity index (χ2n) is 4.55. The number of ether oxygens (including phenoxy) is 1. The van der Waals surface area contributed by atoms with Crippen LogP contribution in [0.3, 0.4) is 0 Å². The molecule has 0 saturated carbocycles. The molecule has 2 aromatic carbocycles. The molecule has 1 heterocycles. The predicted octanol–water partition coefficient (Wildman–Crippen LogP) is 3.47. The van der Waals surface area contributed by atoms with Crippen molar-refractivity contribution in [1.82, 2.24) is 4.98 Å². The molecule has 0 aliphatic heterocycles. The van der Waals surface area contributed by atoms with Crippen LogP contribution in [-0.4, -0.2) is 22.9 Å². The average Bonchev–Trinajstić information content (AvgIpc) is 2.96. The lowest BCUT2D eigenvalue weighted by molar-refractivity contribution is -0.385. The number of nitrogens with one attached hydrogen (secondary N) is 1. The number of rotatable bonds is 4. The summed E-state index contributed by atoms with van der Waals surface area (Å²) in [6.45, 7) is 0. The number of para-hydroxylation sites is 2. The lowest BCUT2D eigenvalue weighted by Crippen LogP contribution is -2.13. The van der Waals surface area contributed by atoms with Gasteiger partial charge in [0.1, 0.15) is 16.8 Å². The molecule has 1 N–H and O–H groups in total. The minimum atomic E-state index is -0.587. The molecule has 3 aromatic rings. The normalized spacial score (nSPS) is 10.5. The molecule has 0 bridgehead atoms. The van der Waals surface area contributed by atoms with Gasteiger partial charge in [0.05, 0.1) is 16.7 Å². The molecule has 0 unspecified atom stereocenters. The van der Waals surface area contributed by atoms with E-state index in [2.05, 4.69) is 10.3 Å². The van der Waals surface area contributed by atoms with Crippen LogP contribution < -0.4 is 10.1 Å². The van der Waals surface area contributed by atoms with Gasteiger partial charge in [0.2, 0.25) is 0 Å². The van der Waals surface area contributed by atoms with Crippen molar-refractivity contribution in [3.8, 4) is 5.75 Å². The van der Waals surface area contributed by atoms with Gasteiger partial charge in [0, 0.05) is 6.07 Å². The summed E-state index contributed by atoms with van der Waals surface area (Å²) in [5.41, 5.74) is 0.380. The Hall–Kier alpha value is -3.00. The fraction of sp³-hybridized carbons (Fsp3) is 0.0667. The fourth-order valence-electron chi connectivity index (χ4n) is 2.13. The average molecular weight is 329 g/mol. The van der Waals surface area contributed by atoms with E-state index in [0.717, 1.165) is 4.70 Å². The summed E-state index contributed by atoms with van der Waals surface area (Å²) < 4.78 is 6.07. The Morgan fingerprint density at radius 2 is 2.04 bits per heavy atom. The van der Waals surface area contributed by atoms with Crippen molar-refractivity contribution in [2.24, 2.45) is 0 Å². The number of thiazole rings is 1. The van der Waals surface area contributed by atoms with Crippen LogP contribution in [0.4, 0.5) is 10.8 Å². The molecule has 7 nitrogen and oxygen atoms in total. The van der Waals surface area contributed by atoms with Gasteiger partial charge in [0.25, 0.3) is 11.6 Å². The summed E-state index contributed by atoms with van der Waals surface area (Å²) >= 11 is 1.27. The Morgan fingerprint density at radius 1 is 1.26 bits per heavy atom. The molecule has 0 saturated heterocycles. The van der Waals surface area contributed by atoms with Crippen LogP contribution in [0.1, 0.15) is 10.4 Å². The van der Waals surface area contributed by atoms with Crippen molar-refractivity contribution in [2.45, 2.75) is 0 Å². The van der Waals surface area contributed by atoms with Gasteiger partial charge in [-0.15, -0.1) is 0 Å². The SMILES string of the molecule is COc1cccc2sc(NC(=O)c3ccccc3[N+](=O)[O-])nc12. The Balaban J connectivity index is 1.93. The Bertz CT molecular complexity index is 907. The first kappa shape index (κ1) is 14.9. The first-order chi connectivity index (χ1) is 11.1. The van der Waals surface area contributed by atoms with E-state index in [-0.39, 0.29) is 11.3 Å². The number of fused-ring (bicyclic) bond motifs is 1. The number of hydrogen-bond donors (Lipinski definition) is 1. The van der Waals surface area contributed by atoms with E-state index in [0.29, 0.717) is 16.4 Å². The zero-order chi connectivity index (χ0) is 16.4. The highest BCUT2D eigenvalue weighted by molar-refractivity contribution is 7.22. The van der Waals surface area contributed by atoms with Gasteiger partial charge in [-0.2, -0.15) is 0 Å². The minimum absolute atomic E-state index is 0.0104. The Kier molecular flexibility index (Phi) is 3.90. The maximum absolute atomic E-state index is 12.3. The number of nitro groups is 1. The van der Waals surface area contributed by atoms with Gasteiger partial charge in [0.15, 0.2) is 5.13 Å². The molecule has 0 fully saturated rings. The summed E-state index contributed by atoms with van der Waals surface area (Å²) in [5, 5.41) is 14.0. The van der Waals surface area contributed by atoms with Crippen LogP contribution in [0, 0.1) is 10.1 Å². The number of aromatic nitrogens is 1. The molecule has 0 atom stereocenters. The van der Waals surface area contributed by atoms with E-state index in [4.69, 9.17) is 4.74 Å². The molecule has 0 aliphatic carbocycles. The number of amides is 1. The highest BCUT2D eigenvalue weighted by Gasteiger charge is 2.20. The molecule has 23 heavy (non-hydrogen) atoms. The Morgan fingerprint density at radius 3 is 2.78 bits per heavy atom. The van der Waals surface area contributed by atoms with Crippen molar-refractivity contribution < 1.29 is 14.5 Å². The van der Waals surface area contributed by atoms with Crippen LogP contribution in [-0.2, 0) is 0 Å². The summed E-state index contributed by atoms with van der Waals surface area (Å²) in [5.74, 6) is 0.0280. The molecular weight excluding hydrogens is 318 g/mol. The van der Waals surface area contributed by atoms with Gasteiger partial charge in [-0.25, -0.2) is 4.98 Å². The number of benzene rings is 2. The van der Waals surface area contributed by atoms with E-state index in [9.17, 15) is 14.9 Å². The number of nitro benzene ring substituents is 1. The molecule has 116 valence electrons. The van der Waals surface area contributed by atoms with Gasteiger partial charge in [-0.3, -0.25) is 20.2 Å². The fourth-order valence-corrected chi connectivity index (χ4v) is 3.01. The molecule has 3 rings (SSSR count). The van der Waals surface area contributed by atoms with E-state index in [1.54, 1.807) is 19.2 Å². The highest BCUT2D eigenvalue weighted by atomic mass is 32.1. The number of hydrogen-bond acceptors (Lipinski definition) is 6. The lowest BCUT2D eigenvalue weighted by Gasteiger charge is -2.02. The predicted molar refractivity (Wildman–Crippen MR) is 87.2 cm³/mol. The van der Waals surface area contributed by atoms with Gasteiger partial charge in [-0.05, 0) is 18.2 Å². The number of carbonyl (C=O) groups is 1. The first-order valence-corrected chi connectivity index (χ1v) is 7.40. The number of nitrogens with zero attached hydrogens (tertiary/aromatic N) is 2. The zero-order valence-corrected chi connectivity index (χ0v) is 12.8. The van der Waals surface area contributed by atoms with E-state index in [1.165, 1.54) is 29.5 Å². The van der Waals surface area contributed by atoms with E-state index in [1.807, 2.05) is 12.1 Å². The third-order valence-corrected chi connectivity index (χ3v) is 4.10. The Labute approximate surface area is 134 Å². The van der Waals surface area contributed by atoms with E-state index < -0.39 is 10.8 Å². The standard InChI is InChI=1S/C15H11N3O4S/c1-22-11-7-4-8-12-13(11)16-15(23-12)17-14(19)9-5-2-3-6-10(9)18(20)21/h2-8H,1H3,(H,16,17,19). The minimum Gasteiger partial charge on any atom is -0.494 e. The second-order valence-corrected chi connectivity index (χ2v) is 5.59. The van der Waals surface area contributed by atoms with Crippen molar-refractivity contribution in [3.63, 3.8) is 0 Å². The van der Waals surface area contributed by atoms with Crippen LogP contribution in [0.25, 0.3) is 10.2 Å². The molecule has 0 radical (unpaired) electrons. The highest BCUT2D eigenvalue weighted by Crippen LogP contribution is 2.32. The van der Waals surface area contributed by atoms with Gasteiger partial charge >= 0.3 is 0 Å². The molecule has 1 amide bonds. The quantitative estimate of drug-likeness (QED) is 0.584. The zero-order valence-electron chi connectivity index (χ0n) is 12.0. The largest absolute Gasteiger partial charge is 0.494 e. The van der Waals surface area contributed by atoms with Crippen molar-refractivity contribution >= 4 is 38.3 Å². The van der Waals surface area contributed by atoms with Crippen LogP contribution >= 0.6 is 11.3 Å². The summed E-state index contributed by atoms with van der Waals surface area (Å²) in [6, 6.07) is 11.2. The molecule has 0 aliphatic rings.